The second-order valence-electron chi connectivity index (χ2n) is 26.0. The number of carbonyl (C=O) groups is 9. The predicted octanol–water partition coefficient (Wildman–Crippen LogP) is 6.37. The zero-order valence-electron chi connectivity index (χ0n) is 56.1. The minimum Gasteiger partial charge on any atom is -0.362 e. The van der Waals surface area contributed by atoms with Crippen LogP contribution in [0.1, 0.15) is 170 Å². The molecule has 4 aromatic rings. The quantitative estimate of drug-likeness (QED) is 0.0222. The van der Waals surface area contributed by atoms with Gasteiger partial charge >= 0.3 is 0 Å². The topological polar surface area (TPSA) is 278 Å². The lowest BCUT2D eigenvalue weighted by Crippen LogP contribution is -2.59. The molecule has 8 rings (SSSR count). The SMILES string of the molecule is CC[C@H](NC)C(=O)NC1C(=O)N2[C@@H](CC[C@@H]1CCNCc1ccccc1)CC[C@H]2C(=O)N[C@H](C(=O)CCCCCCCCCNC(=O)COCC(=O)NC[C@H]1CC[C@H]2CC[C@@H](C(=O)NC(c3ccccc3)c3ccccc3)N2C(=O)[C@H]1NC(=O)[C@H](CC)NC)c1ccccc1. The van der Waals surface area contributed by atoms with Gasteiger partial charge in [0.1, 0.15) is 43.4 Å². The molecule has 0 aromatic heterocycles. The molecule has 11 atom stereocenters. The van der Waals surface area contributed by atoms with Crippen molar-refractivity contribution in [3.8, 4) is 0 Å². The lowest BCUT2D eigenvalue weighted by atomic mass is 9.90. The molecule has 21 heteroatoms. The zero-order chi connectivity index (χ0) is 67.5. The Kier molecular flexibility index (Phi) is 29.2. The van der Waals surface area contributed by atoms with Gasteiger partial charge in [-0.3, -0.25) is 43.2 Å². The van der Waals surface area contributed by atoms with Crippen molar-refractivity contribution in [2.75, 3.05) is 46.9 Å². The molecular formula is C74H103N11O10. The molecule has 4 saturated heterocycles. The van der Waals surface area contributed by atoms with E-state index in [-0.39, 0.29) is 91.3 Å². The first kappa shape index (κ1) is 73.0. The molecule has 0 saturated carbocycles. The highest BCUT2D eigenvalue weighted by Crippen LogP contribution is 2.37. The summed E-state index contributed by atoms with van der Waals surface area (Å²) in [6.45, 7) is 4.96. The summed E-state index contributed by atoms with van der Waals surface area (Å²) in [5, 5.41) is 27.8. The minimum atomic E-state index is -1.01. The van der Waals surface area contributed by atoms with Crippen LogP contribution in [0, 0.1) is 11.8 Å². The number of amides is 8. The lowest BCUT2D eigenvalue weighted by molar-refractivity contribution is -0.144. The number of rotatable bonds is 37. The highest BCUT2D eigenvalue weighted by molar-refractivity contribution is 5.97. The monoisotopic (exact) mass is 1310 g/mol. The third-order valence-electron chi connectivity index (χ3n) is 19.7. The van der Waals surface area contributed by atoms with Gasteiger partial charge in [-0.15, -0.1) is 0 Å². The average molecular weight is 1310 g/mol. The number of unbranched alkanes of at least 4 members (excludes halogenated alkanes) is 6. The number of hydrogen-bond acceptors (Lipinski definition) is 13. The average Bonchev–Trinajstić information content (AvgIpc) is 1.65. The Bertz CT molecular complexity index is 3060. The van der Waals surface area contributed by atoms with Gasteiger partial charge in [-0.2, -0.15) is 0 Å². The lowest BCUT2D eigenvalue weighted by Gasteiger charge is -2.33. The van der Waals surface area contributed by atoms with Crippen LogP contribution in [0.15, 0.2) is 121 Å². The molecular weight excluding hydrogens is 1200 g/mol. The molecule has 9 N–H and O–H groups in total. The van der Waals surface area contributed by atoms with Gasteiger partial charge in [0.15, 0.2) is 5.78 Å². The van der Waals surface area contributed by atoms with Crippen LogP contribution in [-0.2, 0) is 54.4 Å². The van der Waals surface area contributed by atoms with Gasteiger partial charge in [0.25, 0.3) is 0 Å². The van der Waals surface area contributed by atoms with Gasteiger partial charge in [0, 0.05) is 44.1 Å². The highest BCUT2D eigenvalue weighted by atomic mass is 16.5. The fraction of sp³-hybridized carbons (Fsp3) is 0.554. The van der Waals surface area contributed by atoms with E-state index in [1.165, 1.54) is 0 Å². The van der Waals surface area contributed by atoms with E-state index < -0.39 is 60.2 Å². The van der Waals surface area contributed by atoms with Crippen LogP contribution in [0.25, 0.3) is 0 Å². The van der Waals surface area contributed by atoms with Gasteiger partial charge in [0.05, 0.1) is 18.1 Å². The molecule has 4 aromatic carbocycles. The number of ether oxygens (including phenoxy) is 1. The molecule has 4 heterocycles. The van der Waals surface area contributed by atoms with Crippen LogP contribution in [0.5, 0.6) is 0 Å². The Morgan fingerprint density at radius 2 is 0.958 bits per heavy atom. The molecule has 0 bridgehead atoms. The van der Waals surface area contributed by atoms with Crippen molar-refractivity contribution in [1.82, 2.24) is 57.7 Å². The fourth-order valence-electron chi connectivity index (χ4n) is 14.3. The van der Waals surface area contributed by atoms with Crippen molar-refractivity contribution < 1.29 is 47.9 Å². The molecule has 0 radical (unpaired) electrons. The molecule has 514 valence electrons. The first-order chi connectivity index (χ1) is 46.2. The van der Waals surface area contributed by atoms with Crippen LogP contribution < -0.4 is 47.9 Å². The van der Waals surface area contributed by atoms with Crippen molar-refractivity contribution in [2.45, 2.75) is 203 Å². The summed E-state index contributed by atoms with van der Waals surface area (Å²) in [5.41, 5.74) is 3.66. The smallest absolute Gasteiger partial charge is 0.246 e. The van der Waals surface area contributed by atoms with Crippen molar-refractivity contribution in [3.05, 3.63) is 144 Å². The largest absolute Gasteiger partial charge is 0.362 e. The van der Waals surface area contributed by atoms with Crippen LogP contribution in [0.4, 0.5) is 0 Å². The van der Waals surface area contributed by atoms with E-state index in [9.17, 15) is 43.2 Å². The standard InChI is InChI=1S/C74H103N11O10/c1-5-58(75-3)69(89)82-67-54(43-45-77-46-50-26-16-12-17-27-50)35-37-56-39-42-61(84(56)73(67)93)72(92)81-66(53-32-22-15-23-33-53)62(86)34-24-10-8-7-9-11-25-44-78-63(87)48-95-49-64(88)79-47-55-36-38-57-40-41-60(85(57)74(94)68(55)83-70(90)59(6-2)76-4)71(91)80-65(51-28-18-13-19-29-51)52-30-20-14-21-31-52/h12-23,26-33,54-61,65-68,75-77H,5-11,24-25,34-49H2,1-4H3,(H,78,87)(H,79,88)(H,80,91)(H,81,92)(H,82,89)(H,83,90)/t54-,55-,56+,57+,58+,59+,60+,61+,66+,67?,68+/m1/s1. The van der Waals surface area contributed by atoms with Crippen LogP contribution in [-0.4, -0.2) is 158 Å². The van der Waals surface area contributed by atoms with Crippen molar-refractivity contribution >= 4 is 53.0 Å². The molecule has 21 nitrogen and oxygen atoms in total. The second kappa shape index (κ2) is 38.0. The van der Waals surface area contributed by atoms with E-state index in [0.29, 0.717) is 95.8 Å². The third kappa shape index (κ3) is 20.8. The van der Waals surface area contributed by atoms with Gasteiger partial charge in [0.2, 0.25) is 47.3 Å². The third-order valence-corrected chi connectivity index (χ3v) is 19.7. The maximum atomic E-state index is 14.8. The number of benzene rings is 4. The summed E-state index contributed by atoms with van der Waals surface area (Å²) in [6, 6.07) is 32.7. The van der Waals surface area contributed by atoms with E-state index >= 15 is 0 Å². The van der Waals surface area contributed by atoms with E-state index in [0.717, 1.165) is 61.6 Å². The molecule has 0 spiro atoms. The summed E-state index contributed by atoms with van der Waals surface area (Å²) in [4.78, 5) is 129. The van der Waals surface area contributed by atoms with Crippen molar-refractivity contribution in [1.29, 1.82) is 0 Å². The second-order valence-corrected chi connectivity index (χ2v) is 26.0. The first-order valence-electron chi connectivity index (χ1n) is 35.0. The van der Waals surface area contributed by atoms with Crippen LogP contribution in [0.2, 0.25) is 0 Å². The van der Waals surface area contributed by atoms with Crippen molar-refractivity contribution in [3.63, 3.8) is 0 Å². The summed E-state index contributed by atoms with van der Waals surface area (Å²) < 4.78 is 5.51. The maximum absolute atomic E-state index is 14.8. The number of ketones is 1. The number of likely N-dealkylation sites (N-methyl/N-ethyl adjacent to an activating group) is 2. The maximum Gasteiger partial charge on any atom is 0.246 e. The number of nitrogens with one attached hydrogen (secondary N) is 9. The molecule has 4 aliphatic heterocycles. The molecule has 8 amide bonds. The van der Waals surface area contributed by atoms with Crippen LogP contribution in [0.3, 0.4) is 0 Å². The minimum absolute atomic E-state index is 0.0693. The number of hydrogen-bond donors (Lipinski definition) is 9. The normalized spacial score (nSPS) is 21.9. The van der Waals surface area contributed by atoms with Gasteiger partial charge in [-0.25, -0.2) is 0 Å². The predicted molar refractivity (Wildman–Crippen MR) is 365 cm³/mol. The Morgan fingerprint density at radius 3 is 1.48 bits per heavy atom. The molecule has 95 heavy (non-hydrogen) atoms. The Labute approximate surface area is 561 Å². The molecule has 1 unspecified atom stereocenters. The van der Waals surface area contributed by atoms with Gasteiger partial charge in [-0.1, -0.05) is 167 Å². The van der Waals surface area contributed by atoms with Gasteiger partial charge < -0.3 is 62.4 Å². The summed E-state index contributed by atoms with van der Waals surface area (Å²) in [6.07, 6.45) is 12.7. The molecule has 4 aliphatic rings. The summed E-state index contributed by atoms with van der Waals surface area (Å²) in [5.74, 6) is -3.35. The Morgan fingerprint density at radius 1 is 0.505 bits per heavy atom. The van der Waals surface area contributed by atoms with E-state index in [4.69, 9.17) is 4.74 Å². The highest BCUT2D eigenvalue weighted by Gasteiger charge is 2.50. The van der Waals surface area contributed by atoms with Crippen molar-refractivity contribution in [2.24, 2.45) is 11.8 Å². The molecule has 0 aliphatic carbocycles. The Balaban J connectivity index is 0.733. The Hall–Kier alpha value is -7.85. The van der Waals surface area contributed by atoms with E-state index in [1.54, 1.807) is 23.9 Å². The summed E-state index contributed by atoms with van der Waals surface area (Å²) in [7, 11) is 3.42. The summed E-state index contributed by atoms with van der Waals surface area (Å²) >= 11 is 0. The van der Waals surface area contributed by atoms with Gasteiger partial charge in [-0.05, 0) is 132 Å². The first-order valence-corrected chi connectivity index (χ1v) is 35.0. The number of nitrogens with zero attached hydrogens (tertiary/aromatic N) is 2. The van der Waals surface area contributed by atoms with E-state index in [1.807, 2.05) is 123 Å². The van der Waals surface area contributed by atoms with Crippen LogP contribution >= 0.6 is 0 Å². The fourth-order valence-corrected chi connectivity index (χ4v) is 14.3. The molecule has 4 fully saturated rings. The number of carbonyl (C=O) groups excluding carboxylic acids is 9. The number of Topliss-reactive ketones (excluding diaryl/α,β-unsaturated/α-hetero) is 1. The number of fused-ring (bicyclic) bond motifs is 2. The van der Waals surface area contributed by atoms with E-state index in [2.05, 4.69) is 60.0 Å². The zero-order valence-corrected chi connectivity index (χ0v) is 56.1.